The number of carbonyl (C=O) groups is 1. The number of thiocarbonyl (C=S) groups is 1. The average Bonchev–Trinajstić information content (AvgIpc) is 2.87. The number of amides is 2. The molecule has 1 atom stereocenters. The molecule has 0 aliphatic carbocycles. The number of hydrogen-bond donors (Lipinski definition) is 2. The third-order valence-electron chi connectivity index (χ3n) is 4.07. The van der Waals surface area contributed by atoms with Gasteiger partial charge in [-0.2, -0.15) is 10.2 Å². The van der Waals surface area contributed by atoms with Gasteiger partial charge in [-0.3, -0.25) is 15.3 Å². The van der Waals surface area contributed by atoms with Crippen LogP contribution < -0.4 is 5.32 Å². The van der Waals surface area contributed by atoms with Crippen molar-refractivity contribution in [3.05, 3.63) is 39.9 Å². The summed E-state index contributed by atoms with van der Waals surface area (Å²) in [6, 6.07) is 5.25. The molecular formula is C17H23N5O4S2. The van der Waals surface area contributed by atoms with Crippen molar-refractivity contribution >= 4 is 46.2 Å². The number of nitro benzene ring substituents is 1. The molecule has 1 aromatic rings. The zero-order chi connectivity index (χ0) is 20.9. The van der Waals surface area contributed by atoms with Crippen LogP contribution in [-0.4, -0.2) is 54.2 Å². The summed E-state index contributed by atoms with van der Waals surface area (Å²) in [4.78, 5) is 22.6. The van der Waals surface area contributed by atoms with E-state index in [0.29, 0.717) is 21.5 Å². The van der Waals surface area contributed by atoms with Crippen molar-refractivity contribution in [2.75, 3.05) is 6.54 Å². The van der Waals surface area contributed by atoms with Crippen LogP contribution in [0.5, 0.6) is 0 Å². The number of non-ortho nitro benzene ring substituents is 1. The normalized spacial score (nSPS) is 18.5. The first kappa shape index (κ1) is 22.1. The highest BCUT2D eigenvalue weighted by atomic mass is 32.2. The molecule has 1 aliphatic heterocycles. The van der Waals surface area contributed by atoms with E-state index in [9.17, 15) is 20.1 Å². The zero-order valence-electron chi connectivity index (χ0n) is 15.9. The van der Waals surface area contributed by atoms with Crippen LogP contribution in [0.2, 0.25) is 0 Å². The summed E-state index contributed by atoms with van der Waals surface area (Å²) < 4.78 is -0.186. The molecular weight excluding hydrogens is 402 g/mol. The number of urea groups is 1. The Balaban J connectivity index is 2.18. The molecule has 1 aliphatic rings. The van der Waals surface area contributed by atoms with Gasteiger partial charge < -0.3 is 5.32 Å². The molecule has 9 nitrogen and oxygen atoms in total. The lowest BCUT2D eigenvalue weighted by atomic mass is 10.1. The number of benzene rings is 1. The fourth-order valence-electron chi connectivity index (χ4n) is 2.60. The number of hydrogen-bond acceptors (Lipinski definition) is 7. The van der Waals surface area contributed by atoms with Gasteiger partial charge in [-0.05, 0) is 38.0 Å². The minimum atomic E-state index is -0.805. The molecule has 2 rings (SSSR count). The van der Waals surface area contributed by atoms with Crippen molar-refractivity contribution in [1.82, 2.24) is 15.4 Å². The average molecular weight is 426 g/mol. The lowest BCUT2D eigenvalue weighted by Crippen LogP contribution is -2.55. The maximum absolute atomic E-state index is 12.3. The van der Waals surface area contributed by atoms with Crippen LogP contribution in [0.1, 0.15) is 39.2 Å². The van der Waals surface area contributed by atoms with Crippen molar-refractivity contribution in [2.24, 2.45) is 5.10 Å². The molecule has 1 unspecified atom stereocenters. The highest BCUT2D eigenvalue weighted by molar-refractivity contribution is 8.24. The van der Waals surface area contributed by atoms with Crippen molar-refractivity contribution in [3.8, 4) is 0 Å². The molecule has 0 aromatic heterocycles. The molecule has 1 heterocycles. The van der Waals surface area contributed by atoms with E-state index in [4.69, 9.17) is 12.2 Å². The number of hydroxylamine groups is 2. The fourth-order valence-corrected chi connectivity index (χ4v) is 4.39. The minimum absolute atomic E-state index is 0.0197. The van der Waals surface area contributed by atoms with E-state index >= 15 is 0 Å². The first-order chi connectivity index (χ1) is 13.2. The second-order valence-corrected chi connectivity index (χ2v) is 9.00. The smallest absolute Gasteiger partial charge is 0.336 e. The Morgan fingerprint density at radius 2 is 2.14 bits per heavy atom. The standard InChI is InChI=1S/C17H23N5O4S2/c1-4-5-10-18-15(23)21(24)14-17(2,3)28-16(27)20(14)19-11-12-6-8-13(9-7-12)22(25)26/h6-9,11,14,24H,4-5,10H2,1-3H3,(H,18,23)/b19-11+. The highest BCUT2D eigenvalue weighted by Gasteiger charge is 2.49. The van der Waals surface area contributed by atoms with Gasteiger partial charge in [0.15, 0.2) is 10.5 Å². The molecule has 2 N–H and O–H groups in total. The quantitative estimate of drug-likeness (QED) is 0.172. The summed E-state index contributed by atoms with van der Waals surface area (Å²) in [7, 11) is 0. The highest BCUT2D eigenvalue weighted by Crippen LogP contribution is 2.42. The largest absolute Gasteiger partial charge is 0.343 e. The van der Waals surface area contributed by atoms with E-state index < -0.39 is 21.9 Å². The monoisotopic (exact) mass is 425 g/mol. The van der Waals surface area contributed by atoms with Crippen molar-refractivity contribution in [3.63, 3.8) is 0 Å². The number of carbonyl (C=O) groups excluding carboxylic acids is 1. The van der Waals surface area contributed by atoms with Crippen molar-refractivity contribution < 1.29 is 14.9 Å². The second-order valence-electron chi connectivity index (χ2n) is 6.71. The van der Waals surface area contributed by atoms with E-state index in [1.165, 1.54) is 35.1 Å². The Morgan fingerprint density at radius 1 is 1.50 bits per heavy atom. The maximum Gasteiger partial charge on any atom is 0.343 e. The Kier molecular flexibility index (Phi) is 7.33. The number of nitro groups is 1. The number of nitrogens with zero attached hydrogens (tertiary/aromatic N) is 4. The van der Waals surface area contributed by atoms with Crippen molar-refractivity contribution in [2.45, 2.75) is 44.5 Å². The van der Waals surface area contributed by atoms with Crippen LogP contribution in [0.25, 0.3) is 0 Å². The van der Waals surface area contributed by atoms with Crippen LogP contribution in [0.15, 0.2) is 29.4 Å². The summed E-state index contributed by atoms with van der Waals surface area (Å²) in [5.41, 5.74) is 0.604. The van der Waals surface area contributed by atoms with Crippen LogP contribution >= 0.6 is 24.0 Å². The second kappa shape index (κ2) is 9.30. The molecule has 2 amide bonds. The van der Waals surface area contributed by atoms with E-state index in [1.807, 2.05) is 20.8 Å². The van der Waals surface area contributed by atoms with Gasteiger partial charge in [-0.25, -0.2) is 9.80 Å². The van der Waals surface area contributed by atoms with Crippen LogP contribution in [0.3, 0.4) is 0 Å². The van der Waals surface area contributed by atoms with Gasteiger partial charge in [0, 0.05) is 18.7 Å². The van der Waals surface area contributed by atoms with Crippen LogP contribution in [0, 0.1) is 10.1 Å². The van der Waals surface area contributed by atoms with Gasteiger partial charge in [0.1, 0.15) is 0 Å². The first-order valence-electron chi connectivity index (χ1n) is 8.74. The van der Waals surface area contributed by atoms with Crippen molar-refractivity contribution in [1.29, 1.82) is 0 Å². The van der Waals surface area contributed by atoms with Gasteiger partial charge in [-0.15, -0.1) is 0 Å². The van der Waals surface area contributed by atoms with Gasteiger partial charge >= 0.3 is 6.03 Å². The summed E-state index contributed by atoms with van der Waals surface area (Å²) in [5.74, 6) is 0. The molecule has 1 fully saturated rings. The molecule has 11 heteroatoms. The van der Waals surface area contributed by atoms with E-state index in [-0.39, 0.29) is 5.69 Å². The summed E-state index contributed by atoms with van der Waals surface area (Å²) in [6.07, 6.45) is 2.41. The van der Waals surface area contributed by atoms with Crippen LogP contribution in [0.4, 0.5) is 10.5 Å². The first-order valence-corrected chi connectivity index (χ1v) is 9.96. The molecule has 152 valence electrons. The zero-order valence-corrected chi connectivity index (χ0v) is 17.5. The van der Waals surface area contributed by atoms with Gasteiger partial charge in [-0.1, -0.05) is 37.3 Å². The topological polar surface area (TPSA) is 111 Å². The molecule has 1 aromatic carbocycles. The number of unbranched alkanes of at least 4 members (excludes halogenated alkanes) is 1. The third kappa shape index (κ3) is 5.18. The molecule has 0 bridgehead atoms. The van der Waals surface area contributed by atoms with Gasteiger partial charge in [0.25, 0.3) is 5.69 Å². The number of rotatable bonds is 7. The summed E-state index contributed by atoms with van der Waals surface area (Å²) in [5, 5.41) is 30.2. The maximum atomic E-state index is 12.3. The molecule has 0 radical (unpaired) electrons. The summed E-state index contributed by atoms with van der Waals surface area (Å²) >= 11 is 6.69. The Morgan fingerprint density at radius 3 is 2.71 bits per heavy atom. The number of thioether (sulfide) groups is 1. The van der Waals surface area contributed by atoms with Gasteiger partial charge in [0.2, 0.25) is 0 Å². The van der Waals surface area contributed by atoms with E-state index in [2.05, 4.69) is 10.4 Å². The third-order valence-corrected chi connectivity index (χ3v) is 5.61. The molecule has 0 saturated carbocycles. The number of nitrogens with one attached hydrogen (secondary N) is 1. The summed E-state index contributed by atoms with van der Waals surface area (Å²) in [6.45, 7) is 6.19. The lowest BCUT2D eigenvalue weighted by molar-refractivity contribution is -0.384. The predicted molar refractivity (Wildman–Crippen MR) is 113 cm³/mol. The fraction of sp³-hybridized carbons (Fsp3) is 0.471. The Hall–Kier alpha value is -2.24. The molecule has 0 spiro atoms. The lowest BCUT2D eigenvalue weighted by Gasteiger charge is -2.34. The van der Waals surface area contributed by atoms with Crippen LogP contribution in [-0.2, 0) is 0 Å². The van der Waals surface area contributed by atoms with Gasteiger partial charge in [0.05, 0.1) is 15.9 Å². The molecule has 28 heavy (non-hydrogen) atoms. The van der Waals surface area contributed by atoms with E-state index in [0.717, 1.165) is 12.8 Å². The SMILES string of the molecule is CCCCNC(=O)N(O)C1N(/N=C/c2ccc([N+](=O)[O-])cc2)C(=S)SC1(C)C. The van der Waals surface area contributed by atoms with E-state index in [1.54, 1.807) is 12.1 Å². The number of hydrazone groups is 1. The Labute approximate surface area is 172 Å². The predicted octanol–water partition coefficient (Wildman–Crippen LogP) is 3.57. The Bertz CT molecular complexity index is 769. The minimum Gasteiger partial charge on any atom is -0.336 e. The molecule has 1 saturated heterocycles.